The lowest BCUT2D eigenvalue weighted by molar-refractivity contribution is 0.456. The van der Waals surface area contributed by atoms with E-state index in [1.165, 1.54) is 24.3 Å². The maximum absolute atomic E-state index is 9.72. The van der Waals surface area contributed by atoms with Crippen LogP contribution >= 0.6 is 0 Å². The maximum atomic E-state index is 9.72. The molecule has 0 saturated heterocycles. The Kier molecular flexibility index (Phi) is 7.75. The van der Waals surface area contributed by atoms with Crippen molar-refractivity contribution in [3.05, 3.63) is 319 Å². The molecule has 0 aliphatic carbocycles. The van der Waals surface area contributed by atoms with Crippen LogP contribution in [0.2, 0.25) is 0 Å². The third-order valence-electron chi connectivity index (χ3n) is 18.8. The van der Waals surface area contributed by atoms with Gasteiger partial charge in [0.25, 0.3) is 20.1 Å². The van der Waals surface area contributed by atoms with Crippen molar-refractivity contribution in [1.29, 1.82) is 0 Å². The fourth-order valence-corrected chi connectivity index (χ4v) is 15.1. The fourth-order valence-electron chi connectivity index (χ4n) is 15.1. The molecule has 9 nitrogen and oxygen atoms in total. The van der Waals surface area contributed by atoms with E-state index in [9.17, 15) is 21.9 Å². The van der Waals surface area contributed by atoms with Gasteiger partial charge >= 0.3 is 0 Å². The summed E-state index contributed by atoms with van der Waals surface area (Å²) in [4.78, 5) is 5.00. The number of anilines is 14. The highest BCUT2D eigenvalue weighted by Crippen LogP contribution is 2.51. The standard InChI is InChI=1S/C87H60B3N5O4/c1-54-42-55(2)87(56(3)43-54)95-74-52-72-68(88-66-38-22-24-40-76(66)96-80-46-63(44-73(91-72)84(80)88)92(57-26-10-4-11-27-57)58-28-12-5-13-29-58)50-69(74)90-71-51-70-78(53-79(71)98-81-47-64(45-75(95)85(81)90)93(59-30-14-6-15-31-59)60-32-16-7-17-33-60)99-83-49-65(48-82-86(83)89(70)67-39-23-25-41-77(67)97-82)94(61-34-18-8-19-35-61)62-36-20-9-21-37-62/h4-53,91H,1-3H3/i4D,5D,6D,7D,8D,9D,10D,11D,12D,13D,14D,15D,16D,17D,18D,19D,20D,21D,26D,27D,28D,29D,30D,31D,32D,33D,34D,35D,36D,37D. The Morgan fingerprint density at radius 2 is 0.677 bits per heavy atom. The number of rotatable bonds is 10. The van der Waals surface area contributed by atoms with Crippen molar-refractivity contribution in [3.63, 3.8) is 0 Å². The van der Waals surface area contributed by atoms with Crippen LogP contribution in [-0.4, -0.2) is 20.1 Å². The number of nitrogens with zero attached hydrogens (tertiary/aromatic N) is 4. The molecule has 20 rings (SSSR count). The third-order valence-corrected chi connectivity index (χ3v) is 18.8. The van der Waals surface area contributed by atoms with E-state index in [2.05, 4.69) is 5.32 Å². The topological polar surface area (TPSA) is 61.9 Å². The van der Waals surface area contributed by atoms with Crippen LogP contribution in [0.25, 0.3) is 0 Å². The van der Waals surface area contributed by atoms with E-state index < -0.39 is 236 Å². The summed E-state index contributed by atoms with van der Waals surface area (Å²) in [6.45, 7) is 3.00. The monoisotopic (exact) mass is 1300 g/mol. The van der Waals surface area contributed by atoms with Gasteiger partial charge in [-0.05, 0) is 178 Å². The molecule has 0 unspecified atom stereocenters. The summed E-state index contributed by atoms with van der Waals surface area (Å²) in [5.41, 5.74) is 4.85. The normalized spacial score (nSPS) is 17.4. The average Bonchev–Trinajstić information content (AvgIpc) is 0.687. The zero-order valence-corrected chi connectivity index (χ0v) is 52.2. The highest BCUT2D eigenvalue weighted by atomic mass is 16.5. The molecule has 0 fully saturated rings. The predicted molar refractivity (Wildman–Crippen MR) is 409 cm³/mol. The maximum Gasteiger partial charge on any atom is 0.260 e. The molecule has 99 heavy (non-hydrogen) atoms. The zero-order chi connectivity index (χ0) is 91.7. The van der Waals surface area contributed by atoms with Gasteiger partial charge in [-0.1, -0.05) is 175 Å². The number of para-hydroxylation sites is 8. The van der Waals surface area contributed by atoms with Crippen molar-refractivity contribution in [2.75, 3.05) is 24.9 Å². The van der Waals surface area contributed by atoms with Crippen LogP contribution in [0.1, 0.15) is 57.8 Å². The first-order valence-electron chi connectivity index (χ1n) is 46.5. The summed E-state index contributed by atoms with van der Waals surface area (Å²) in [6, 6.07) is 10.6. The minimum absolute atomic E-state index is 0.00280. The molecule has 0 aromatic heterocycles. The van der Waals surface area contributed by atoms with Crippen LogP contribution < -0.4 is 93.0 Å². The lowest BCUT2D eigenvalue weighted by Crippen LogP contribution is -2.64. The van der Waals surface area contributed by atoms with Gasteiger partial charge in [-0.2, -0.15) is 0 Å². The summed E-state index contributed by atoms with van der Waals surface area (Å²) in [5.74, 6) is 1.05. The van der Waals surface area contributed by atoms with Crippen molar-refractivity contribution < 1.29 is 60.1 Å². The highest BCUT2D eigenvalue weighted by Gasteiger charge is 2.49. The molecule has 1 N–H and O–H groups in total. The number of aryl methyl sites for hydroxylation is 3. The van der Waals surface area contributed by atoms with Crippen LogP contribution in [0, 0.1) is 20.8 Å². The van der Waals surface area contributed by atoms with E-state index in [0.29, 0.717) is 88.9 Å². The first kappa shape index (κ1) is 34.4. The van der Waals surface area contributed by atoms with Crippen LogP contribution in [0.5, 0.6) is 46.0 Å². The molecule has 0 bridgehead atoms. The minimum atomic E-state index is -1.03. The van der Waals surface area contributed by atoms with Gasteiger partial charge in [0.15, 0.2) is 0 Å². The molecule has 0 radical (unpaired) electrons. The van der Waals surface area contributed by atoms with Crippen molar-refractivity contribution in [2.45, 2.75) is 20.8 Å². The zero-order valence-electron chi connectivity index (χ0n) is 82.2. The Labute approximate surface area is 618 Å². The second-order valence-corrected chi connectivity index (χ2v) is 24.4. The Morgan fingerprint density at radius 1 is 0.303 bits per heavy atom. The molecule has 12 heteroatoms. The van der Waals surface area contributed by atoms with Crippen molar-refractivity contribution in [1.82, 2.24) is 0 Å². The van der Waals surface area contributed by atoms with E-state index in [-0.39, 0.29) is 62.9 Å². The number of hydrogen-bond donors (Lipinski definition) is 1. The van der Waals surface area contributed by atoms with Gasteiger partial charge in [0.05, 0.1) is 63.9 Å². The van der Waals surface area contributed by atoms with Crippen LogP contribution in [0.4, 0.5) is 79.6 Å². The predicted octanol–water partition coefficient (Wildman–Crippen LogP) is 16.8. The molecule has 0 saturated carbocycles. The van der Waals surface area contributed by atoms with Gasteiger partial charge in [0.2, 0.25) is 0 Å². The van der Waals surface area contributed by atoms with Crippen LogP contribution in [-0.2, 0) is 0 Å². The Bertz CT molecular complexity index is 7170. The molecular formula is C87H60B3N5O4. The van der Waals surface area contributed by atoms with Crippen LogP contribution in [0.3, 0.4) is 0 Å². The van der Waals surface area contributed by atoms with Gasteiger partial charge < -0.3 is 43.9 Å². The van der Waals surface area contributed by atoms with Gasteiger partial charge in [-0.25, -0.2) is 0 Å². The smallest absolute Gasteiger partial charge is 0.260 e. The van der Waals surface area contributed by atoms with E-state index >= 15 is 0 Å². The van der Waals surface area contributed by atoms with E-state index in [1.807, 2.05) is 80.3 Å². The number of nitrogens with one attached hydrogen (secondary N) is 1. The first-order chi connectivity index (χ1) is 61.2. The number of ether oxygens (including phenoxy) is 4. The molecule has 6 heterocycles. The molecule has 0 spiro atoms. The van der Waals surface area contributed by atoms with E-state index in [1.54, 1.807) is 42.5 Å². The lowest BCUT2D eigenvalue weighted by atomic mass is 9.30. The van der Waals surface area contributed by atoms with Crippen molar-refractivity contribution in [3.8, 4) is 46.0 Å². The highest BCUT2D eigenvalue weighted by molar-refractivity contribution is 7.03. The van der Waals surface area contributed by atoms with Gasteiger partial charge in [0.1, 0.15) is 46.0 Å². The lowest BCUT2D eigenvalue weighted by Gasteiger charge is -2.44. The molecular weight excluding hydrogens is 1210 g/mol. The Hall–Kier alpha value is -12.5. The van der Waals surface area contributed by atoms with Gasteiger partial charge in [0, 0.05) is 92.7 Å². The summed E-state index contributed by atoms with van der Waals surface area (Å²) < 4.78 is 303. The molecule has 14 aromatic carbocycles. The van der Waals surface area contributed by atoms with E-state index in [4.69, 9.17) is 38.1 Å². The van der Waals surface area contributed by atoms with Crippen molar-refractivity contribution >= 4 is 149 Å². The summed E-state index contributed by atoms with van der Waals surface area (Å²) in [6.07, 6.45) is 0. The first-order valence-corrected chi connectivity index (χ1v) is 31.5. The molecule has 0 atom stereocenters. The van der Waals surface area contributed by atoms with Crippen molar-refractivity contribution in [2.24, 2.45) is 0 Å². The number of fused-ring (bicyclic) bond motifs is 12. The second kappa shape index (κ2) is 22.3. The molecule has 0 amide bonds. The molecule has 6 aliphatic rings. The SMILES string of the molecule is [2H]c1c([2H])c([2H])c(N(c2cc3c4c(c2)Oc2ccccc2B4c2cc4c(cc2N3)N(c2c(C)cc(C)cc2C)c2cc(N(c3c([2H])c([2H])c([2H])c([2H])c3[2H])c3c([2H])c([2H])c([2H])c([2H])c3[2H])cc3c2B4c2cc4c(cc2O3)Oc2cc(N(c3c([2H])c([2H])c([2H])c([2H])c3[2H])c3c([2H])c([2H])c([2H])c([2H])c3[2H])cc3c2B4c2ccccc2O3)c2c([2H])c([2H])c([2H])c([2H])c2[2H])c([2H])c1[2H]. The Balaban J connectivity index is 0.881. The van der Waals surface area contributed by atoms with E-state index in [0.717, 1.165) is 20.3 Å². The Morgan fingerprint density at radius 3 is 1.14 bits per heavy atom. The quantitative estimate of drug-likeness (QED) is 0.135. The molecule has 14 aromatic rings. The summed E-state index contributed by atoms with van der Waals surface area (Å²) >= 11 is 0. The largest absolute Gasteiger partial charge is 0.458 e. The minimum Gasteiger partial charge on any atom is -0.458 e. The van der Waals surface area contributed by atoms with Gasteiger partial charge in [-0.3, -0.25) is 0 Å². The fraction of sp³-hybridized carbons (Fsp3) is 0.0345. The third kappa shape index (κ3) is 8.98. The van der Waals surface area contributed by atoms with Crippen LogP contribution in [0.15, 0.2) is 303 Å². The molecule has 466 valence electrons. The summed E-state index contributed by atoms with van der Waals surface area (Å²) in [5, 5.41) is 3.70. The average molecular weight is 1300 g/mol. The van der Waals surface area contributed by atoms with Gasteiger partial charge in [-0.15, -0.1) is 0 Å². The summed E-state index contributed by atoms with van der Waals surface area (Å²) in [7, 11) is 0. The molecule has 6 aliphatic heterocycles. The second-order valence-electron chi connectivity index (χ2n) is 24.4. The number of benzene rings is 14. The number of hydrogen-bond acceptors (Lipinski definition) is 9.